The maximum atomic E-state index is 11.8. The standard InChI is InChI=1S/C15H19NO7/c1-10-5-2-3-6-11(10)14(20)22-7-4-8-23-15(21)16-12(9-17)13(18)19/h2-3,5-6,12,17H,4,7-9H2,1H3,(H,16,21)(H,18,19)/t12-/m1/s1. The van der Waals surface area contributed by atoms with E-state index in [1.54, 1.807) is 25.1 Å². The minimum atomic E-state index is -1.42. The molecule has 0 radical (unpaired) electrons. The molecule has 8 heteroatoms. The lowest BCUT2D eigenvalue weighted by Gasteiger charge is -2.12. The smallest absolute Gasteiger partial charge is 0.407 e. The van der Waals surface area contributed by atoms with Gasteiger partial charge in [-0.15, -0.1) is 0 Å². The van der Waals surface area contributed by atoms with Crippen molar-refractivity contribution < 1.29 is 34.1 Å². The Morgan fingerprint density at radius 1 is 1.17 bits per heavy atom. The summed E-state index contributed by atoms with van der Waals surface area (Å²) in [6, 6.07) is 5.58. The average molecular weight is 325 g/mol. The van der Waals surface area contributed by atoms with E-state index in [4.69, 9.17) is 19.7 Å². The third kappa shape index (κ3) is 6.35. The lowest BCUT2D eigenvalue weighted by Crippen LogP contribution is -2.43. The first kappa shape index (κ1) is 18.4. The van der Waals surface area contributed by atoms with Gasteiger partial charge in [0.2, 0.25) is 0 Å². The van der Waals surface area contributed by atoms with Crippen molar-refractivity contribution >= 4 is 18.0 Å². The SMILES string of the molecule is Cc1ccccc1C(=O)OCCCOC(=O)N[C@H](CO)C(=O)O. The lowest BCUT2D eigenvalue weighted by atomic mass is 10.1. The van der Waals surface area contributed by atoms with Crippen LogP contribution in [0.2, 0.25) is 0 Å². The van der Waals surface area contributed by atoms with Crippen molar-refractivity contribution in [3.8, 4) is 0 Å². The summed E-state index contributed by atoms with van der Waals surface area (Å²) >= 11 is 0. The number of aliphatic hydroxyl groups excluding tert-OH is 1. The predicted molar refractivity (Wildman–Crippen MR) is 79.1 cm³/mol. The van der Waals surface area contributed by atoms with Crippen LogP contribution in [-0.2, 0) is 14.3 Å². The van der Waals surface area contributed by atoms with Crippen LogP contribution in [0.3, 0.4) is 0 Å². The van der Waals surface area contributed by atoms with E-state index >= 15 is 0 Å². The zero-order chi connectivity index (χ0) is 17.2. The van der Waals surface area contributed by atoms with Gasteiger partial charge in [-0.05, 0) is 18.6 Å². The van der Waals surface area contributed by atoms with E-state index in [2.05, 4.69) is 0 Å². The van der Waals surface area contributed by atoms with E-state index in [9.17, 15) is 14.4 Å². The number of aliphatic carboxylic acids is 1. The number of aryl methyl sites for hydroxylation is 1. The molecule has 8 nitrogen and oxygen atoms in total. The first-order chi connectivity index (χ1) is 11.0. The van der Waals surface area contributed by atoms with Gasteiger partial charge in [0.05, 0.1) is 25.4 Å². The van der Waals surface area contributed by atoms with E-state index < -0.39 is 30.7 Å². The van der Waals surface area contributed by atoms with Gasteiger partial charge in [0, 0.05) is 6.42 Å². The number of ether oxygens (including phenoxy) is 2. The summed E-state index contributed by atoms with van der Waals surface area (Å²) in [6.07, 6.45) is -0.696. The molecule has 0 aliphatic rings. The molecular formula is C15H19NO7. The molecule has 0 aromatic heterocycles. The summed E-state index contributed by atoms with van der Waals surface area (Å²) < 4.78 is 9.77. The summed E-state index contributed by atoms with van der Waals surface area (Å²) in [6.45, 7) is 1.07. The van der Waals surface area contributed by atoms with Crippen molar-refractivity contribution in [2.24, 2.45) is 0 Å². The fourth-order valence-electron chi connectivity index (χ4n) is 1.64. The second kappa shape index (κ2) is 9.42. The number of nitrogens with one attached hydrogen (secondary N) is 1. The Morgan fingerprint density at radius 3 is 2.43 bits per heavy atom. The molecule has 0 saturated carbocycles. The predicted octanol–water partition coefficient (Wildman–Crippen LogP) is 0.714. The molecule has 1 atom stereocenters. The van der Waals surface area contributed by atoms with Gasteiger partial charge in [0.25, 0.3) is 0 Å². The normalized spacial score (nSPS) is 11.4. The second-order valence-corrected chi connectivity index (χ2v) is 4.66. The van der Waals surface area contributed by atoms with Crippen LogP contribution in [0.15, 0.2) is 24.3 Å². The number of rotatable bonds is 8. The van der Waals surface area contributed by atoms with Crippen LogP contribution < -0.4 is 5.32 Å². The molecule has 0 saturated heterocycles. The number of benzene rings is 1. The summed E-state index contributed by atoms with van der Waals surface area (Å²) in [7, 11) is 0. The Kier molecular flexibility index (Phi) is 7.55. The molecule has 0 aliphatic carbocycles. The molecule has 0 unspecified atom stereocenters. The van der Waals surface area contributed by atoms with Crippen molar-refractivity contribution in [1.82, 2.24) is 5.32 Å². The zero-order valence-electron chi connectivity index (χ0n) is 12.7. The third-order valence-electron chi connectivity index (χ3n) is 2.89. The first-order valence-corrected chi connectivity index (χ1v) is 6.95. The molecule has 126 valence electrons. The molecule has 0 spiro atoms. The van der Waals surface area contributed by atoms with Crippen molar-refractivity contribution in [1.29, 1.82) is 0 Å². The lowest BCUT2D eigenvalue weighted by molar-refractivity contribution is -0.140. The fraction of sp³-hybridized carbons (Fsp3) is 0.400. The van der Waals surface area contributed by atoms with Crippen LogP contribution in [0.4, 0.5) is 4.79 Å². The number of esters is 1. The van der Waals surface area contributed by atoms with Gasteiger partial charge in [-0.25, -0.2) is 14.4 Å². The Morgan fingerprint density at radius 2 is 1.83 bits per heavy atom. The van der Waals surface area contributed by atoms with Crippen LogP contribution in [0.25, 0.3) is 0 Å². The molecule has 0 heterocycles. The van der Waals surface area contributed by atoms with Crippen LogP contribution in [0.5, 0.6) is 0 Å². The van der Waals surface area contributed by atoms with E-state index in [1.165, 1.54) is 0 Å². The molecule has 23 heavy (non-hydrogen) atoms. The highest BCUT2D eigenvalue weighted by molar-refractivity contribution is 5.90. The Balaban J connectivity index is 2.23. The summed E-state index contributed by atoms with van der Waals surface area (Å²) in [5.74, 6) is -1.82. The van der Waals surface area contributed by atoms with E-state index in [0.717, 1.165) is 5.56 Å². The molecular weight excluding hydrogens is 306 g/mol. The zero-order valence-corrected chi connectivity index (χ0v) is 12.7. The van der Waals surface area contributed by atoms with Gasteiger partial charge < -0.3 is 25.0 Å². The Labute approximate surface area is 133 Å². The van der Waals surface area contributed by atoms with Crippen LogP contribution >= 0.6 is 0 Å². The van der Waals surface area contributed by atoms with E-state index in [-0.39, 0.29) is 19.6 Å². The molecule has 0 fully saturated rings. The number of carbonyl (C=O) groups excluding carboxylic acids is 2. The number of carboxylic acid groups (broad SMARTS) is 1. The fourth-order valence-corrected chi connectivity index (χ4v) is 1.64. The monoisotopic (exact) mass is 325 g/mol. The van der Waals surface area contributed by atoms with Crippen molar-refractivity contribution in [3.63, 3.8) is 0 Å². The summed E-state index contributed by atoms with van der Waals surface area (Å²) in [5, 5.41) is 19.4. The highest BCUT2D eigenvalue weighted by Gasteiger charge is 2.19. The highest BCUT2D eigenvalue weighted by atomic mass is 16.6. The minimum absolute atomic E-state index is 0.0509. The number of alkyl carbamates (subject to hydrolysis) is 1. The Bertz CT molecular complexity index is 559. The number of amides is 1. The van der Waals surface area contributed by atoms with Crippen LogP contribution in [0.1, 0.15) is 22.3 Å². The van der Waals surface area contributed by atoms with Crippen LogP contribution in [0, 0.1) is 6.92 Å². The summed E-state index contributed by atoms with van der Waals surface area (Å²) in [5.41, 5.74) is 1.27. The number of carbonyl (C=O) groups is 3. The van der Waals surface area contributed by atoms with Gasteiger partial charge in [-0.1, -0.05) is 18.2 Å². The molecule has 1 aromatic rings. The Hall–Kier alpha value is -2.61. The summed E-state index contributed by atoms with van der Waals surface area (Å²) in [4.78, 5) is 33.6. The third-order valence-corrected chi connectivity index (χ3v) is 2.89. The van der Waals surface area contributed by atoms with E-state index in [0.29, 0.717) is 5.56 Å². The quantitative estimate of drug-likeness (QED) is 0.475. The number of aliphatic hydroxyl groups is 1. The topological polar surface area (TPSA) is 122 Å². The van der Waals surface area contributed by atoms with Gasteiger partial charge >= 0.3 is 18.0 Å². The van der Waals surface area contributed by atoms with Crippen molar-refractivity contribution in [2.75, 3.05) is 19.8 Å². The number of hydrogen-bond acceptors (Lipinski definition) is 6. The van der Waals surface area contributed by atoms with Crippen LogP contribution in [-0.4, -0.2) is 54.1 Å². The highest BCUT2D eigenvalue weighted by Crippen LogP contribution is 2.08. The van der Waals surface area contributed by atoms with Gasteiger partial charge in [0.15, 0.2) is 6.04 Å². The van der Waals surface area contributed by atoms with Gasteiger partial charge in [0.1, 0.15) is 0 Å². The molecule has 1 aromatic carbocycles. The van der Waals surface area contributed by atoms with Gasteiger partial charge in [-0.3, -0.25) is 0 Å². The number of carboxylic acids is 1. The first-order valence-electron chi connectivity index (χ1n) is 6.95. The number of hydrogen-bond donors (Lipinski definition) is 3. The molecule has 1 amide bonds. The maximum Gasteiger partial charge on any atom is 0.407 e. The molecule has 0 bridgehead atoms. The largest absolute Gasteiger partial charge is 0.480 e. The second-order valence-electron chi connectivity index (χ2n) is 4.66. The minimum Gasteiger partial charge on any atom is -0.480 e. The maximum absolute atomic E-state index is 11.8. The molecule has 3 N–H and O–H groups in total. The molecule has 1 rings (SSSR count). The van der Waals surface area contributed by atoms with E-state index in [1.807, 2.05) is 11.4 Å². The molecule has 0 aliphatic heterocycles. The average Bonchev–Trinajstić information content (AvgIpc) is 2.52. The van der Waals surface area contributed by atoms with Crippen molar-refractivity contribution in [2.45, 2.75) is 19.4 Å². The van der Waals surface area contributed by atoms with Crippen molar-refractivity contribution in [3.05, 3.63) is 35.4 Å². The van der Waals surface area contributed by atoms with Gasteiger partial charge in [-0.2, -0.15) is 0 Å².